The first kappa shape index (κ1) is 19.2. The first-order valence-electron chi connectivity index (χ1n) is 8.93. The lowest BCUT2D eigenvalue weighted by molar-refractivity contribution is -0.120. The maximum atomic E-state index is 13.3. The molecule has 1 aliphatic heterocycles. The third kappa shape index (κ3) is 3.65. The second kappa shape index (κ2) is 7.74. The van der Waals surface area contributed by atoms with Crippen LogP contribution in [0.1, 0.15) is 11.1 Å². The molecule has 0 saturated heterocycles. The van der Waals surface area contributed by atoms with Crippen LogP contribution in [0.2, 0.25) is 10.0 Å². The molecule has 0 spiro atoms. The van der Waals surface area contributed by atoms with Crippen LogP contribution < -0.4 is 10.2 Å². The number of halogens is 2. The number of nitrogens with zero attached hydrogens (tertiary/aromatic N) is 1. The summed E-state index contributed by atoms with van der Waals surface area (Å²) in [6, 6.07) is 21.3. The minimum Gasteiger partial charge on any atom is -0.350 e. The van der Waals surface area contributed by atoms with Gasteiger partial charge in [-0.3, -0.25) is 9.59 Å². The molecule has 4 nitrogen and oxygen atoms in total. The average Bonchev–Trinajstić information content (AvgIpc) is 2.93. The van der Waals surface area contributed by atoms with E-state index in [-0.39, 0.29) is 5.70 Å². The van der Waals surface area contributed by atoms with Crippen LogP contribution >= 0.6 is 23.2 Å². The summed E-state index contributed by atoms with van der Waals surface area (Å²) in [7, 11) is 0. The largest absolute Gasteiger partial charge is 0.350 e. The van der Waals surface area contributed by atoms with Crippen molar-refractivity contribution in [1.29, 1.82) is 0 Å². The lowest BCUT2D eigenvalue weighted by atomic mass is 10.0. The van der Waals surface area contributed by atoms with E-state index in [4.69, 9.17) is 23.2 Å². The van der Waals surface area contributed by atoms with E-state index in [2.05, 4.69) is 5.32 Å². The number of benzene rings is 3. The van der Waals surface area contributed by atoms with Crippen LogP contribution in [0.3, 0.4) is 0 Å². The Morgan fingerprint density at radius 3 is 2.07 bits per heavy atom. The average molecular weight is 423 g/mol. The molecule has 29 heavy (non-hydrogen) atoms. The highest BCUT2D eigenvalue weighted by Crippen LogP contribution is 2.36. The lowest BCUT2D eigenvalue weighted by Gasteiger charge is -2.16. The molecule has 1 heterocycles. The van der Waals surface area contributed by atoms with E-state index in [1.165, 1.54) is 0 Å². The Hall–Kier alpha value is -3.08. The molecule has 3 aromatic carbocycles. The molecule has 0 saturated carbocycles. The van der Waals surface area contributed by atoms with Gasteiger partial charge in [0, 0.05) is 15.7 Å². The highest BCUT2D eigenvalue weighted by atomic mass is 35.5. The number of nitrogens with one attached hydrogen (secondary N) is 1. The van der Waals surface area contributed by atoms with Gasteiger partial charge < -0.3 is 5.32 Å². The van der Waals surface area contributed by atoms with Gasteiger partial charge in [0.1, 0.15) is 5.70 Å². The number of rotatable bonds is 4. The van der Waals surface area contributed by atoms with Crippen molar-refractivity contribution in [2.24, 2.45) is 0 Å². The number of anilines is 2. The molecule has 3 aromatic rings. The monoisotopic (exact) mass is 422 g/mol. The van der Waals surface area contributed by atoms with Crippen LogP contribution in [0, 0.1) is 6.92 Å². The van der Waals surface area contributed by atoms with Gasteiger partial charge in [-0.25, -0.2) is 4.90 Å². The van der Waals surface area contributed by atoms with E-state index in [0.717, 1.165) is 16.2 Å². The molecular formula is C23H16Cl2N2O2. The Morgan fingerprint density at radius 2 is 1.41 bits per heavy atom. The molecule has 0 bridgehead atoms. The van der Waals surface area contributed by atoms with Crippen LogP contribution in [0.15, 0.2) is 78.5 Å². The lowest BCUT2D eigenvalue weighted by Crippen LogP contribution is -2.32. The topological polar surface area (TPSA) is 49.4 Å². The van der Waals surface area contributed by atoms with Crippen molar-refractivity contribution in [2.75, 3.05) is 10.2 Å². The van der Waals surface area contributed by atoms with Gasteiger partial charge >= 0.3 is 0 Å². The standard InChI is InChI=1S/C23H16Cl2N2O2/c1-14-7-5-6-10-19(14)26-21-20(15-8-3-2-4-9-15)22(28)27(23(21)29)18-12-16(24)11-17(25)13-18/h2-13,26H,1H3. The zero-order valence-corrected chi connectivity index (χ0v) is 17.0. The Balaban J connectivity index is 1.85. The number of carbonyl (C=O) groups excluding carboxylic acids is 2. The number of hydrogen-bond donors (Lipinski definition) is 1. The summed E-state index contributed by atoms with van der Waals surface area (Å²) in [5, 5.41) is 3.85. The predicted molar refractivity (Wildman–Crippen MR) is 117 cm³/mol. The van der Waals surface area contributed by atoms with Crippen LogP contribution in [0.4, 0.5) is 11.4 Å². The Labute approximate surface area is 178 Å². The molecule has 0 unspecified atom stereocenters. The second-order valence-electron chi connectivity index (χ2n) is 6.63. The summed E-state index contributed by atoms with van der Waals surface area (Å²) < 4.78 is 0. The molecule has 0 aliphatic carbocycles. The fourth-order valence-electron chi connectivity index (χ4n) is 3.27. The SMILES string of the molecule is Cc1ccccc1NC1=C(c2ccccc2)C(=O)N(c2cc(Cl)cc(Cl)c2)C1=O. The summed E-state index contributed by atoms with van der Waals surface area (Å²) >= 11 is 12.2. The Morgan fingerprint density at radius 1 is 0.793 bits per heavy atom. The first-order valence-corrected chi connectivity index (χ1v) is 9.68. The summed E-state index contributed by atoms with van der Waals surface area (Å²) in [4.78, 5) is 27.8. The van der Waals surface area contributed by atoms with E-state index < -0.39 is 11.8 Å². The zero-order valence-electron chi connectivity index (χ0n) is 15.4. The molecule has 144 valence electrons. The molecule has 0 atom stereocenters. The third-order valence-corrected chi connectivity index (χ3v) is 5.09. The normalized spacial score (nSPS) is 14.0. The number of carbonyl (C=O) groups is 2. The summed E-state index contributed by atoms with van der Waals surface area (Å²) in [6.45, 7) is 1.93. The summed E-state index contributed by atoms with van der Waals surface area (Å²) in [6.07, 6.45) is 0. The van der Waals surface area contributed by atoms with E-state index in [9.17, 15) is 9.59 Å². The van der Waals surface area contributed by atoms with Crippen molar-refractivity contribution >= 4 is 52.0 Å². The number of imide groups is 1. The van der Waals surface area contributed by atoms with Crippen molar-refractivity contribution in [3.63, 3.8) is 0 Å². The maximum absolute atomic E-state index is 13.3. The van der Waals surface area contributed by atoms with Crippen molar-refractivity contribution < 1.29 is 9.59 Å². The second-order valence-corrected chi connectivity index (χ2v) is 7.50. The van der Waals surface area contributed by atoms with Crippen LogP contribution in [0.5, 0.6) is 0 Å². The van der Waals surface area contributed by atoms with Gasteiger partial charge in [0.2, 0.25) is 0 Å². The highest BCUT2D eigenvalue weighted by molar-refractivity contribution is 6.46. The van der Waals surface area contributed by atoms with E-state index in [1.807, 2.05) is 49.4 Å². The van der Waals surface area contributed by atoms with Gasteiger partial charge in [0.05, 0.1) is 11.3 Å². The molecule has 0 fully saturated rings. The Bertz CT molecular complexity index is 1140. The molecule has 4 rings (SSSR count). The number of para-hydroxylation sites is 1. The molecular weight excluding hydrogens is 407 g/mol. The van der Waals surface area contributed by atoms with Gasteiger partial charge in [-0.1, -0.05) is 71.7 Å². The number of amides is 2. The molecule has 0 radical (unpaired) electrons. The van der Waals surface area contributed by atoms with Gasteiger partial charge in [0.15, 0.2) is 0 Å². The minimum atomic E-state index is -0.463. The van der Waals surface area contributed by atoms with Gasteiger partial charge in [-0.15, -0.1) is 0 Å². The van der Waals surface area contributed by atoms with Crippen molar-refractivity contribution in [3.8, 4) is 0 Å². The van der Waals surface area contributed by atoms with Crippen molar-refractivity contribution in [3.05, 3.63) is 99.7 Å². The van der Waals surface area contributed by atoms with Crippen molar-refractivity contribution in [2.45, 2.75) is 6.92 Å². The Kier molecular flexibility index (Phi) is 5.14. The maximum Gasteiger partial charge on any atom is 0.282 e. The van der Waals surface area contributed by atoms with Crippen LogP contribution in [0.25, 0.3) is 5.57 Å². The minimum absolute atomic E-state index is 0.214. The quantitative estimate of drug-likeness (QED) is 0.548. The highest BCUT2D eigenvalue weighted by Gasteiger charge is 2.40. The third-order valence-electron chi connectivity index (χ3n) is 4.66. The zero-order chi connectivity index (χ0) is 20.5. The fraction of sp³-hybridized carbons (Fsp3) is 0.0435. The van der Waals surface area contributed by atoms with Gasteiger partial charge in [0.25, 0.3) is 11.8 Å². The van der Waals surface area contributed by atoms with E-state index in [0.29, 0.717) is 26.9 Å². The predicted octanol–water partition coefficient (Wildman–Crippen LogP) is 5.70. The number of hydrogen-bond acceptors (Lipinski definition) is 3. The van der Waals surface area contributed by atoms with Gasteiger partial charge in [-0.2, -0.15) is 0 Å². The van der Waals surface area contributed by atoms with Gasteiger partial charge in [-0.05, 0) is 42.3 Å². The molecule has 0 aromatic heterocycles. The van der Waals surface area contributed by atoms with Crippen LogP contribution in [-0.2, 0) is 9.59 Å². The number of aryl methyl sites for hydroxylation is 1. The molecule has 1 N–H and O–H groups in total. The van der Waals surface area contributed by atoms with Crippen LogP contribution in [-0.4, -0.2) is 11.8 Å². The van der Waals surface area contributed by atoms with Crippen molar-refractivity contribution in [1.82, 2.24) is 0 Å². The molecule has 2 amide bonds. The summed E-state index contributed by atoms with van der Waals surface area (Å²) in [5.74, 6) is -0.897. The smallest absolute Gasteiger partial charge is 0.282 e. The van der Waals surface area contributed by atoms with E-state index in [1.54, 1.807) is 30.3 Å². The fourth-order valence-corrected chi connectivity index (χ4v) is 3.78. The first-order chi connectivity index (χ1) is 14.0. The molecule has 6 heteroatoms. The summed E-state index contributed by atoms with van der Waals surface area (Å²) in [5.41, 5.74) is 3.20. The van der Waals surface area contributed by atoms with E-state index >= 15 is 0 Å². The molecule has 1 aliphatic rings.